The highest BCUT2D eigenvalue weighted by Crippen LogP contribution is 2.30. The molecule has 0 radical (unpaired) electrons. The summed E-state index contributed by atoms with van der Waals surface area (Å²) in [4.78, 5) is 11.1. The van der Waals surface area contributed by atoms with Crippen molar-refractivity contribution in [3.63, 3.8) is 0 Å². The third-order valence-corrected chi connectivity index (χ3v) is 2.84. The Hall–Kier alpha value is -0.650. The molecule has 0 spiro atoms. The summed E-state index contributed by atoms with van der Waals surface area (Å²) >= 11 is 0. The van der Waals surface area contributed by atoms with Crippen molar-refractivity contribution in [1.29, 1.82) is 0 Å². The molecule has 2 aliphatic rings. The van der Waals surface area contributed by atoms with E-state index in [2.05, 4.69) is 0 Å². The van der Waals surface area contributed by atoms with Gasteiger partial charge in [-0.2, -0.15) is 0 Å². The van der Waals surface area contributed by atoms with Crippen molar-refractivity contribution in [2.45, 2.75) is 37.8 Å². The number of hydrogen-bond acceptors (Lipinski definition) is 5. The molecular formula is C10H16O5. The van der Waals surface area contributed by atoms with Crippen molar-refractivity contribution in [1.82, 2.24) is 0 Å². The molecular weight excluding hydrogens is 200 g/mol. The van der Waals surface area contributed by atoms with Gasteiger partial charge >= 0.3 is 5.97 Å². The molecule has 2 heterocycles. The average Bonchev–Trinajstić information content (AvgIpc) is 2.80. The molecule has 0 aromatic rings. The quantitative estimate of drug-likeness (QED) is 0.627. The van der Waals surface area contributed by atoms with Crippen LogP contribution in [-0.2, 0) is 23.7 Å². The maximum absolute atomic E-state index is 11.1. The summed E-state index contributed by atoms with van der Waals surface area (Å²) < 4.78 is 21.5. The molecule has 4 unspecified atom stereocenters. The van der Waals surface area contributed by atoms with Crippen molar-refractivity contribution in [2.24, 2.45) is 0 Å². The minimum absolute atomic E-state index is 0.0414. The molecule has 0 aromatic carbocycles. The lowest BCUT2D eigenvalue weighted by Gasteiger charge is -2.16. The first-order valence-corrected chi connectivity index (χ1v) is 5.21. The lowest BCUT2D eigenvalue weighted by molar-refractivity contribution is -0.153. The maximum atomic E-state index is 11.1. The summed E-state index contributed by atoms with van der Waals surface area (Å²) in [5, 5.41) is 0. The van der Waals surface area contributed by atoms with Gasteiger partial charge in [0, 0.05) is 13.5 Å². The van der Waals surface area contributed by atoms with Gasteiger partial charge in [0.05, 0.1) is 13.2 Å². The molecule has 15 heavy (non-hydrogen) atoms. The van der Waals surface area contributed by atoms with Gasteiger partial charge in [0.1, 0.15) is 18.3 Å². The summed E-state index contributed by atoms with van der Waals surface area (Å²) in [5.74, 6) is -0.214. The lowest BCUT2D eigenvalue weighted by atomic mass is 10.1. The molecule has 0 aromatic heterocycles. The second kappa shape index (κ2) is 4.47. The minimum Gasteiger partial charge on any atom is -0.457 e. The Bertz CT molecular complexity index is 242. The Morgan fingerprint density at radius 3 is 2.47 bits per heavy atom. The van der Waals surface area contributed by atoms with Crippen LogP contribution in [0, 0.1) is 0 Å². The number of methoxy groups -OCH3 is 1. The van der Waals surface area contributed by atoms with Gasteiger partial charge in [-0.1, -0.05) is 6.92 Å². The van der Waals surface area contributed by atoms with E-state index >= 15 is 0 Å². The Morgan fingerprint density at radius 2 is 1.87 bits per heavy atom. The molecule has 2 aliphatic heterocycles. The van der Waals surface area contributed by atoms with Crippen LogP contribution in [-0.4, -0.2) is 50.7 Å². The molecule has 86 valence electrons. The Labute approximate surface area is 88.6 Å². The van der Waals surface area contributed by atoms with E-state index in [0.717, 1.165) is 0 Å². The standard InChI is InChI=1S/C10H16O5/c1-3-8(11)15-7-5-14-9-6(12-2)4-13-10(7)9/h6-7,9-10H,3-5H2,1-2H3. The number of hydrogen-bond donors (Lipinski definition) is 0. The summed E-state index contributed by atoms with van der Waals surface area (Å²) in [7, 11) is 1.63. The third kappa shape index (κ3) is 2.00. The molecule has 5 heteroatoms. The second-order valence-electron chi connectivity index (χ2n) is 3.75. The number of ether oxygens (including phenoxy) is 4. The monoisotopic (exact) mass is 216 g/mol. The normalized spacial score (nSPS) is 39.1. The summed E-state index contributed by atoms with van der Waals surface area (Å²) in [6, 6.07) is 0. The fraction of sp³-hybridized carbons (Fsp3) is 0.900. The van der Waals surface area contributed by atoms with E-state index in [1.807, 2.05) is 0 Å². The highest BCUT2D eigenvalue weighted by atomic mass is 16.6. The van der Waals surface area contributed by atoms with E-state index < -0.39 is 0 Å². The first-order valence-electron chi connectivity index (χ1n) is 5.21. The van der Waals surface area contributed by atoms with Gasteiger partial charge in [-0.05, 0) is 0 Å². The zero-order valence-electron chi connectivity index (χ0n) is 8.97. The number of rotatable bonds is 3. The van der Waals surface area contributed by atoms with Crippen molar-refractivity contribution in [2.75, 3.05) is 20.3 Å². The third-order valence-electron chi connectivity index (χ3n) is 2.84. The Morgan fingerprint density at radius 1 is 1.27 bits per heavy atom. The lowest BCUT2D eigenvalue weighted by Crippen LogP contribution is -2.34. The van der Waals surface area contributed by atoms with Crippen LogP contribution in [0.15, 0.2) is 0 Å². The number of fused-ring (bicyclic) bond motifs is 1. The van der Waals surface area contributed by atoms with Crippen molar-refractivity contribution in [3.8, 4) is 0 Å². The fourth-order valence-electron chi connectivity index (χ4n) is 1.98. The SMILES string of the molecule is CCC(=O)OC1COC2C(OC)COC12. The molecule has 0 saturated carbocycles. The van der Waals surface area contributed by atoms with Gasteiger partial charge < -0.3 is 18.9 Å². The van der Waals surface area contributed by atoms with Crippen LogP contribution in [0.1, 0.15) is 13.3 Å². The van der Waals surface area contributed by atoms with E-state index in [1.54, 1.807) is 14.0 Å². The van der Waals surface area contributed by atoms with Crippen LogP contribution in [0.25, 0.3) is 0 Å². The van der Waals surface area contributed by atoms with Gasteiger partial charge in [-0.25, -0.2) is 0 Å². The van der Waals surface area contributed by atoms with Crippen LogP contribution in [0.4, 0.5) is 0 Å². The van der Waals surface area contributed by atoms with Crippen LogP contribution >= 0.6 is 0 Å². The predicted octanol–water partition coefficient (Wildman–Crippen LogP) is 0.121. The molecule has 0 bridgehead atoms. The maximum Gasteiger partial charge on any atom is 0.305 e. The van der Waals surface area contributed by atoms with E-state index in [4.69, 9.17) is 18.9 Å². The molecule has 0 aliphatic carbocycles. The van der Waals surface area contributed by atoms with Gasteiger partial charge in [0.15, 0.2) is 6.10 Å². The smallest absolute Gasteiger partial charge is 0.305 e. The first kappa shape index (κ1) is 10.9. The summed E-state index contributed by atoms with van der Waals surface area (Å²) in [5.41, 5.74) is 0. The number of carbonyl (C=O) groups is 1. The summed E-state index contributed by atoms with van der Waals surface area (Å²) in [6.07, 6.45) is -0.195. The van der Waals surface area contributed by atoms with Crippen molar-refractivity contribution in [3.05, 3.63) is 0 Å². The van der Waals surface area contributed by atoms with Gasteiger partial charge in [0.2, 0.25) is 0 Å². The highest BCUT2D eigenvalue weighted by molar-refractivity contribution is 5.69. The van der Waals surface area contributed by atoms with Gasteiger partial charge in [-0.3, -0.25) is 4.79 Å². The molecule has 2 rings (SSSR count). The zero-order chi connectivity index (χ0) is 10.8. The molecule has 2 fully saturated rings. The van der Waals surface area contributed by atoms with Crippen LogP contribution in [0.3, 0.4) is 0 Å². The Kier molecular flexibility index (Phi) is 3.23. The summed E-state index contributed by atoms with van der Waals surface area (Å²) in [6.45, 7) is 2.68. The molecule has 4 atom stereocenters. The van der Waals surface area contributed by atoms with Crippen LogP contribution < -0.4 is 0 Å². The van der Waals surface area contributed by atoms with E-state index in [9.17, 15) is 4.79 Å². The molecule has 2 saturated heterocycles. The van der Waals surface area contributed by atoms with Crippen LogP contribution in [0.5, 0.6) is 0 Å². The van der Waals surface area contributed by atoms with Gasteiger partial charge in [0.25, 0.3) is 0 Å². The topological polar surface area (TPSA) is 54.0 Å². The number of carbonyl (C=O) groups excluding carboxylic acids is 1. The molecule has 0 amide bonds. The number of esters is 1. The molecule has 0 N–H and O–H groups in total. The van der Waals surface area contributed by atoms with Crippen molar-refractivity contribution < 1.29 is 23.7 Å². The zero-order valence-corrected chi connectivity index (χ0v) is 8.97. The predicted molar refractivity (Wildman–Crippen MR) is 50.4 cm³/mol. The first-order chi connectivity index (χ1) is 7.26. The van der Waals surface area contributed by atoms with E-state index in [-0.39, 0.29) is 30.4 Å². The van der Waals surface area contributed by atoms with E-state index in [0.29, 0.717) is 19.6 Å². The largest absolute Gasteiger partial charge is 0.457 e. The van der Waals surface area contributed by atoms with Gasteiger partial charge in [-0.15, -0.1) is 0 Å². The fourth-order valence-corrected chi connectivity index (χ4v) is 1.98. The second-order valence-corrected chi connectivity index (χ2v) is 3.75. The molecule has 5 nitrogen and oxygen atoms in total. The average molecular weight is 216 g/mol. The van der Waals surface area contributed by atoms with Crippen molar-refractivity contribution >= 4 is 5.97 Å². The highest BCUT2D eigenvalue weighted by Gasteiger charge is 2.49. The Balaban J connectivity index is 1.93. The minimum atomic E-state index is -0.275. The van der Waals surface area contributed by atoms with E-state index in [1.165, 1.54) is 0 Å². The van der Waals surface area contributed by atoms with Crippen LogP contribution in [0.2, 0.25) is 0 Å².